The zero-order valence-corrected chi connectivity index (χ0v) is 9.96. The van der Waals surface area contributed by atoms with Crippen LogP contribution in [0.1, 0.15) is 30.4 Å². The van der Waals surface area contributed by atoms with Gasteiger partial charge in [-0.1, -0.05) is 0 Å². The van der Waals surface area contributed by atoms with Crippen molar-refractivity contribution in [1.82, 2.24) is 0 Å². The summed E-state index contributed by atoms with van der Waals surface area (Å²) in [5.74, 6) is -0.146. The molecule has 2 rings (SSSR count). The molecule has 0 amide bonds. The molecule has 2 N–H and O–H groups in total. The van der Waals surface area contributed by atoms with Gasteiger partial charge in [-0.2, -0.15) is 0 Å². The van der Waals surface area contributed by atoms with Gasteiger partial charge in [-0.15, -0.1) is 11.8 Å². The first kappa shape index (κ1) is 11.0. The lowest BCUT2D eigenvalue weighted by Gasteiger charge is -2.39. The number of thioether (sulfide) groups is 1. The van der Waals surface area contributed by atoms with Crippen molar-refractivity contribution >= 4 is 11.8 Å². The Bertz CT molecular complexity index is 385. The largest absolute Gasteiger partial charge is 0.321 e. The molecule has 1 aliphatic carbocycles. The number of hydrogen-bond acceptors (Lipinski definition) is 2. The van der Waals surface area contributed by atoms with Gasteiger partial charge in [-0.25, -0.2) is 4.39 Å². The molecule has 15 heavy (non-hydrogen) atoms. The van der Waals surface area contributed by atoms with Gasteiger partial charge in [0.25, 0.3) is 0 Å². The van der Waals surface area contributed by atoms with Crippen molar-refractivity contribution < 1.29 is 4.39 Å². The highest BCUT2D eigenvalue weighted by Crippen LogP contribution is 2.41. The summed E-state index contributed by atoms with van der Waals surface area (Å²) in [6, 6.07) is 3.53. The highest BCUT2D eigenvalue weighted by Gasteiger charge is 2.36. The van der Waals surface area contributed by atoms with Gasteiger partial charge in [-0.3, -0.25) is 0 Å². The predicted molar refractivity (Wildman–Crippen MR) is 62.6 cm³/mol. The third kappa shape index (κ3) is 1.79. The van der Waals surface area contributed by atoms with Crippen LogP contribution >= 0.6 is 11.8 Å². The van der Waals surface area contributed by atoms with Crippen LogP contribution in [0.5, 0.6) is 0 Å². The van der Waals surface area contributed by atoms with Crippen molar-refractivity contribution in [2.24, 2.45) is 5.73 Å². The van der Waals surface area contributed by atoms with E-state index >= 15 is 0 Å². The van der Waals surface area contributed by atoms with Crippen LogP contribution in [0, 0.1) is 12.7 Å². The van der Waals surface area contributed by atoms with E-state index in [0.29, 0.717) is 5.56 Å². The van der Waals surface area contributed by atoms with Crippen LogP contribution in [-0.2, 0) is 5.54 Å². The lowest BCUT2D eigenvalue weighted by molar-refractivity contribution is 0.244. The van der Waals surface area contributed by atoms with E-state index in [0.717, 1.165) is 29.7 Å². The standard InChI is InChI=1S/C12H16FNS/c1-8-6-10(13)9(7-11(8)15-2)12(14)4-3-5-12/h6-7H,3-5,14H2,1-2H3. The van der Waals surface area contributed by atoms with Crippen molar-refractivity contribution in [2.75, 3.05) is 6.26 Å². The molecule has 0 bridgehead atoms. The molecule has 3 heteroatoms. The third-order valence-corrected chi connectivity index (χ3v) is 4.15. The molecule has 1 aliphatic rings. The normalized spacial score (nSPS) is 18.7. The highest BCUT2D eigenvalue weighted by molar-refractivity contribution is 7.98. The second-order valence-corrected chi connectivity index (χ2v) is 5.16. The fourth-order valence-electron chi connectivity index (χ4n) is 2.08. The van der Waals surface area contributed by atoms with Crippen LogP contribution < -0.4 is 5.73 Å². The van der Waals surface area contributed by atoms with E-state index in [-0.39, 0.29) is 5.82 Å². The van der Waals surface area contributed by atoms with Crippen molar-refractivity contribution in [3.8, 4) is 0 Å². The quantitative estimate of drug-likeness (QED) is 0.782. The number of aryl methyl sites for hydroxylation is 1. The Balaban J connectivity index is 2.47. The zero-order chi connectivity index (χ0) is 11.1. The zero-order valence-electron chi connectivity index (χ0n) is 9.14. The first-order chi connectivity index (χ1) is 7.07. The predicted octanol–water partition coefficient (Wildman–Crippen LogP) is 3.19. The first-order valence-corrected chi connectivity index (χ1v) is 6.43. The molecule has 1 nitrogen and oxygen atoms in total. The summed E-state index contributed by atoms with van der Waals surface area (Å²) >= 11 is 1.65. The van der Waals surface area contributed by atoms with Crippen LogP contribution in [0.3, 0.4) is 0 Å². The SMILES string of the molecule is CSc1cc(C2(N)CCC2)c(F)cc1C. The molecule has 0 aliphatic heterocycles. The van der Waals surface area contributed by atoms with Gasteiger partial charge < -0.3 is 5.73 Å². The fraction of sp³-hybridized carbons (Fsp3) is 0.500. The van der Waals surface area contributed by atoms with Crippen LogP contribution in [0.15, 0.2) is 17.0 Å². The van der Waals surface area contributed by atoms with Gasteiger partial charge in [0.05, 0.1) is 0 Å². The Labute approximate surface area is 94.2 Å². The Morgan fingerprint density at radius 2 is 2.07 bits per heavy atom. The minimum atomic E-state index is -0.401. The molecule has 0 radical (unpaired) electrons. The minimum Gasteiger partial charge on any atom is -0.321 e. The average molecular weight is 225 g/mol. The van der Waals surface area contributed by atoms with Crippen molar-refractivity contribution in [3.63, 3.8) is 0 Å². The van der Waals surface area contributed by atoms with Gasteiger partial charge in [0.15, 0.2) is 0 Å². The molecule has 0 spiro atoms. The molecular formula is C12H16FNS. The van der Waals surface area contributed by atoms with E-state index in [2.05, 4.69) is 0 Å². The van der Waals surface area contributed by atoms with Crippen LogP contribution in [0.25, 0.3) is 0 Å². The van der Waals surface area contributed by atoms with Crippen molar-refractivity contribution in [1.29, 1.82) is 0 Å². The third-order valence-electron chi connectivity index (χ3n) is 3.27. The van der Waals surface area contributed by atoms with Crippen molar-refractivity contribution in [3.05, 3.63) is 29.1 Å². The molecule has 1 aromatic carbocycles. The summed E-state index contributed by atoms with van der Waals surface area (Å²) in [5.41, 5.74) is 7.44. The van der Waals surface area contributed by atoms with Gasteiger partial charge in [0.2, 0.25) is 0 Å². The van der Waals surface area contributed by atoms with E-state index < -0.39 is 5.54 Å². The number of hydrogen-bond donors (Lipinski definition) is 1. The van der Waals surface area contributed by atoms with E-state index in [1.165, 1.54) is 0 Å². The maximum Gasteiger partial charge on any atom is 0.128 e. The Morgan fingerprint density at radius 3 is 2.53 bits per heavy atom. The summed E-state index contributed by atoms with van der Waals surface area (Å²) in [7, 11) is 0. The average Bonchev–Trinajstić information content (AvgIpc) is 2.15. The summed E-state index contributed by atoms with van der Waals surface area (Å²) < 4.78 is 13.8. The van der Waals surface area contributed by atoms with E-state index in [1.54, 1.807) is 17.8 Å². The molecule has 1 fully saturated rings. The lowest BCUT2D eigenvalue weighted by Crippen LogP contribution is -2.44. The number of halogens is 1. The second kappa shape index (κ2) is 3.80. The molecule has 82 valence electrons. The summed E-state index contributed by atoms with van der Waals surface area (Å²) in [5, 5.41) is 0. The highest BCUT2D eigenvalue weighted by atomic mass is 32.2. The van der Waals surface area contributed by atoms with Gasteiger partial charge >= 0.3 is 0 Å². The van der Waals surface area contributed by atoms with Gasteiger partial charge in [0.1, 0.15) is 5.82 Å². The Hall–Kier alpha value is -0.540. The number of benzene rings is 1. The Morgan fingerprint density at radius 1 is 1.40 bits per heavy atom. The summed E-state index contributed by atoms with van der Waals surface area (Å²) in [6.07, 6.45) is 4.92. The summed E-state index contributed by atoms with van der Waals surface area (Å²) in [6.45, 7) is 1.93. The Kier molecular flexibility index (Phi) is 2.77. The summed E-state index contributed by atoms with van der Waals surface area (Å²) in [4.78, 5) is 1.13. The number of nitrogens with two attached hydrogens (primary N) is 1. The van der Waals surface area contributed by atoms with Crippen molar-refractivity contribution in [2.45, 2.75) is 36.6 Å². The lowest BCUT2D eigenvalue weighted by atomic mass is 9.72. The molecule has 1 aromatic rings. The van der Waals surface area contributed by atoms with E-state index in [4.69, 9.17) is 5.73 Å². The molecule has 0 aromatic heterocycles. The maximum absolute atomic E-state index is 13.8. The van der Waals surface area contributed by atoms with Gasteiger partial charge in [0, 0.05) is 16.0 Å². The molecule has 0 saturated heterocycles. The molecule has 0 heterocycles. The molecule has 0 unspecified atom stereocenters. The molecule has 0 atom stereocenters. The molecule has 1 saturated carbocycles. The van der Waals surface area contributed by atoms with E-state index in [1.807, 2.05) is 19.2 Å². The monoisotopic (exact) mass is 225 g/mol. The van der Waals surface area contributed by atoms with Gasteiger partial charge in [-0.05, 0) is 50.1 Å². The molecular weight excluding hydrogens is 209 g/mol. The maximum atomic E-state index is 13.8. The number of rotatable bonds is 2. The fourth-order valence-corrected chi connectivity index (χ4v) is 2.70. The van der Waals surface area contributed by atoms with Crippen LogP contribution in [-0.4, -0.2) is 6.26 Å². The minimum absolute atomic E-state index is 0.146. The topological polar surface area (TPSA) is 26.0 Å². The second-order valence-electron chi connectivity index (χ2n) is 4.31. The van der Waals surface area contributed by atoms with Crippen LogP contribution in [0.2, 0.25) is 0 Å². The van der Waals surface area contributed by atoms with Crippen LogP contribution in [0.4, 0.5) is 4.39 Å². The smallest absolute Gasteiger partial charge is 0.128 e. The first-order valence-electron chi connectivity index (χ1n) is 5.20. The van der Waals surface area contributed by atoms with E-state index in [9.17, 15) is 4.39 Å².